The topological polar surface area (TPSA) is 71.5 Å². The number of pyridine rings is 1. The van der Waals surface area contributed by atoms with Gasteiger partial charge in [-0.15, -0.1) is 0 Å². The average Bonchev–Trinajstić information content (AvgIpc) is 2.52. The van der Waals surface area contributed by atoms with Gasteiger partial charge in [-0.1, -0.05) is 23.7 Å². The molecule has 1 aromatic carbocycles. The van der Waals surface area contributed by atoms with Crippen LogP contribution in [0.25, 0.3) is 11.3 Å². The standard InChI is InChI=1S/C19H23ClN2O3/c1-12-6-5-9-21-17(12)14-10-13(7-8-15(14)20)16(11-23)22-18(24)25-19(2,3)4/h5-10,16,23H,11H2,1-4H3,(H,22,24). The number of hydrogen-bond acceptors (Lipinski definition) is 4. The molecule has 0 aliphatic carbocycles. The number of nitrogens with zero attached hydrogens (tertiary/aromatic N) is 1. The second-order valence-electron chi connectivity index (χ2n) is 6.79. The molecule has 1 unspecified atom stereocenters. The van der Waals surface area contributed by atoms with Gasteiger partial charge in [-0.2, -0.15) is 0 Å². The number of halogens is 1. The minimum absolute atomic E-state index is 0.262. The van der Waals surface area contributed by atoms with Crippen LogP contribution in [-0.4, -0.2) is 28.4 Å². The smallest absolute Gasteiger partial charge is 0.408 e. The predicted octanol–water partition coefficient (Wildman–Crippen LogP) is 4.27. The lowest BCUT2D eigenvalue weighted by Gasteiger charge is -2.23. The van der Waals surface area contributed by atoms with Gasteiger partial charge in [-0.3, -0.25) is 4.98 Å². The van der Waals surface area contributed by atoms with E-state index in [2.05, 4.69) is 10.3 Å². The number of carbonyl (C=O) groups is 1. The number of hydrogen-bond donors (Lipinski definition) is 2. The highest BCUT2D eigenvalue weighted by Crippen LogP contribution is 2.31. The van der Waals surface area contributed by atoms with Crippen molar-refractivity contribution in [1.82, 2.24) is 10.3 Å². The third-order valence-electron chi connectivity index (χ3n) is 3.53. The third-order valence-corrected chi connectivity index (χ3v) is 3.86. The second-order valence-corrected chi connectivity index (χ2v) is 7.20. The predicted molar refractivity (Wildman–Crippen MR) is 98.6 cm³/mol. The van der Waals surface area contributed by atoms with Gasteiger partial charge >= 0.3 is 6.09 Å². The van der Waals surface area contributed by atoms with E-state index in [0.29, 0.717) is 5.02 Å². The van der Waals surface area contributed by atoms with Gasteiger partial charge in [-0.25, -0.2) is 4.79 Å². The maximum Gasteiger partial charge on any atom is 0.408 e. The van der Waals surface area contributed by atoms with Gasteiger partial charge in [-0.05, 0) is 57.0 Å². The molecule has 0 spiro atoms. The maximum absolute atomic E-state index is 12.0. The number of benzene rings is 1. The molecular weight excluding hydrogens is 340 g/mol. The van der Waals surface area contributed by atoms with Gasteiger partial charge in [0.05, 0.1) is 18.3 Å². The van der Waals surface area contributed by atoms with Crippen molar-refractivity contribution in [2.24, 2.45) is 0 Å². The highest BCUT2D eigenvalue weighted by atomic mass is 35.5. The summed E-state index contributed by atoms with van der Waals surface area (Å²) in [6.45, 7) is 7.04. The molecule has 6 heteroatoms. The van der Waals surface area contributed by atoms with Crippen molar-refractivity contribution in [2.75, 3.05) is 6.61 Å². The summed E-state index contributed by atoms with van der Waals surface area (Å²) < 4.78 is 5.25. The van der Waals surface area contributed by atoms with Crippen LogP contribution in [0.3, 0.4) is 0 Å². The number of alkyl carbamates (subject to hydrolysis) is 1. The van der Waals surface area contributed by atoms with Crippen LogP contribution in [0.5, 0.6) is 0 Å². The molecule has 0 saturated carbocycles. The third kappa shape index (κ3) is 5.18. The second kappa shape index (κ2) is 7.85. The van der Waals surface area contributed by atoms with E-state index < -0.39 is 17.7 Å². The van der Waals surface area contributed by atoms with E-state index in [1.165, 1.54) is 0 Å². The fourth-order valence-electron chi connectivity index (χ4n) is 2.39. The summed E-state index contributed by atoms with van der Waals surface area (Å²) in [5.41, 5.74) is 2.62. The lowest BCUT2D eigenvalue weighted by Crippen LogP contribution is -2.36. The number of ether oxygens (including phenoxy) is 1. The Morgan fingerprint density at radius 2 is 2.08 bits per heavy atom. The molecule has 25 heavy (non-hydrogen) atoms. The first-order valence-electron chi connectivity index (χ1n) is 8.03. The van der Waals surface area contributed by atoms with E-state index in [1.807, 2.05) is 25.1 Å². The first kappa shape index (κ1) is 19.2. The molecule has 2 N–H and O–H groups in total. The summed E-state index contributed by atoms with van der Waals surface area (Å²) in [5.74, 6) is 0. The SMILES string of the molecule is Cc1cccnc1-c1cc(C(CO)NC(=O)OC(C)(C)C)ccc1Cl. The molecule has 1 heterocycles. The van der Waals surface area contributed by atoms with Gasteiger partial charge in [0.2, 0.25) is 0 Å². The molecule has 0 saturated heterocycles. The molecule has 0 radical (unpaired) electrons. The zero-order valence-electron chi connectivity index (χ0n) is 14.8. The highest BCUT2D eigenvalue weighted by Gasteiger charge is 2.21. The maximum atomic E-state index is 12.0. The Morgan fingerprint density at radius 3 is 2.68 bits per heavy atom. The minimum atomic E-state index is -0.611. The van der Waals surface area contributed by atoms with Crippen molar-refractivity contribution in [3.8, 4) is 11.3 Å². The number of aromatic nitrogens is 1. The van der Waals surface area contributed by atoms with Crippen molar-refractivity contribution in [2.45, 2.75) is 39.3 Å². The van der Waals surface area contributed by atoms with E-state index in [9.17, 15) is 9.90 Å². The molecule has 134 valence electrons. The van der Waals surface area contributed by atoms with Gasteiger partial charge < -0.3 is 15.2 Å². The molecule has 2 aromatic rings. The van der Waals surface area contributed by atoms with Crippen molar-refractivity contribution >= 4 is 17.7 Å². The van der Waals surface area contributed by atoms with Crippen LogP contribution in [-0.2, 0) is 4.74 Å². The number of aliphatic hydroxyl groups excluding tert-OH is 1. The number of aliphatic hydroxyl groups is 1. The molecular formula is C19H23ClN2O3. The highest BCUT2D eigenvalue weighted by molar-refractivity contribution is 6.33. The van der Waals surface area contributed by atoms with Crippen molar-refractivity contribution in [1.29, 1.82) is 0 Å². The van der Waals surface area contributed by atoms with Crippen molar-refractivity contribution in [3.05, 3.63) is 52.7 Å². The van der Waals surface area contributed by atoms with E-state index >= 15 is 0 Å². The first-order chi connectivity index (χ1) is 11.7. The number of carbonyl (C=O) groups excluding carboxylic acids is 1. The summed E-state index contributed by atoms with van der Waals surface area (Å²) >= 11 is 6.33. The Hall–Kier alpha value is -2.11. The lowest BCUT2D eigenvalue weighted by molar-refractivity contribution is 0.0482. The summed E-state index contributed by atoms with van der Waals surface area (Å²) in [5, 5.41) is 12.9. The Labute approximate surface area is 153 Å². The van der Waals surface area contributed by atoms with E-state index in [4.69, 9.17) is 16.3 Å². The van der Waals surface area contributed by atoms with Crippen LogP contribution in [0.1, 0.15) is 37.9 Å². The molecule has 1 atom stereocenters. The van der Waals surface area contributed by atoms with Gasteiger partial charge in [0.1, 0.15) is 5.60 Å². The van der Waals surface area contributed by atoms with Gasteiger partial charge in [0.15, 0.2) is 0 Å². The van der Waals surface area contributed by atoms with Gasteiger partial charge in [0.25, 0.3) is 0 Å². The summed E-state index contributed by atoms with van der Waals surface area (Å²) in [7, 11) is 0. The zero-order chi connectivity index (χ0) is 18.6. The fourth-order valence-corrected chi connectivity index (χ4v) is 2.60. The molecule has 0 fully saturated rings. The van der Waals surface area contributed by atoms with Crippen molar-refractivity contribution < 1.29 is 14.6 Å². The van der Waals surface area contributed by atoms with E-state index in [-0.39, 0.29) is 6.61 Å². The summed E-state index contributed by atoms with van der Waals surface area (Å²) in [6.07, 6.45) is 1.12. The molecule has 0 aliphatic rings. The molecule has 1 aromatic heterocycles. The monoisotopic (exact) mass is 362 g/mol. The quantitative estimate of drug-likeness (QED) is 0.852. The molecule has 5 nitrogen and oxygen atoms in total. The molecule has 0 aliphatic heterocycles. The summed E-state index contributed by atoms with van der Waals surface area (Å²) in [4.78, 5) is 16.4. The van der Waals surface area contributed by atoms with Crippen LogP contribution < -0.4 is 5.32 Å². The van der Waals surface area contributed by atoms with Crippen LogP contribution >= 0.6 is 11.6 Å². The summed E-state index contributed by atoms with van der Waals surface area (Å²) in [6, 6.07) is 8.54. The van der Waals surface area contributed by atoms with Crippen LogP contribution in [0.15, 0.2) is 36.5 Å². The normalized spacial score (nSPS) is 12.6. The zero-order valence-corrected chi connectivity index (χ0v) is 15.6. The van der Waals surface area contributed by atoms with Crippen LogP contribution in [0, 0.1) is 6.92 Å². The van der Waals surface area contributed by atoms with E-state index in [1.54, 1.807) is 39.1 Å². The minimum Gasteiger partial charge on any atom is -0.444 e. The van der Waals surface area contributed by atoms with Crippen molar-refractivity contribution in [3.63, 3.8) is 0 Å². The number of aryl methyl sites for hydroxylation is 1. The number of amides is 1. The Bertz CT molecular complexity index is 757. The Kier molecular flexibility index (Phi) is 6.03. The number of rotatable bonds is 4. The largest absolute Gasteiger partial charge is 0.444 e. The van der Waals surface area contributed by atoms with Gasteiger partial charge in [0, 0.05) is 16.8 Å². The molecule has 1 amide bonds. The van der Waals surface area contributed by atoms with E-state index in [0.717, 1.165) is 22.4 Å². The van der Waals surface area contributed by atoms with Crippen LogP contribution in [0.2, 0.25) is 5.02 Å². The Morgan fingerprint density at radius 1 is 1.36 bits per heavy atom. The Balaban J connectivity index is 2.31. The first-order valence-corrected chi connectivity index (χ1v) is 8.41. The average molecular weight is 363 g/mol. The molecule has 2 rings (SSSR count). The molecule has 0 bridgehead atoms. The van der Waals surface area contributed by atoms with Crippen LogP contribution in [0.4, 0.5) is 4.79 Å². The number of nitrogens with one attached hydrogen (secondary N) is 1. The lowest BCUT2D eigenvalue weighted by atomic mass is 10.0. The fraction of sp³-hybridized carbons (Fsp3) is 0.368.